The highest BCUT2D eigenvalue weighted by molar-refractivity contribution is 5.73. The molecule has 1 aliphatic heterocycles. The summed E-state index contributed by atoms with van der Waals surface area (Å²) < 4.78 is 0. The number of piperidine rings is 1. The predicted octanol–water partition coefficient (Wildman–Crippen LogP) is 2.01. The van der Waals surface area contributed by atoms with Gasteiger partial charge in [-0.05, 0) is 50.8 Å². The Kier molecular flexibility index (Phi) is 5.15. The van der Waals surface area contributed by atoms with Gasteiger partial charge in [-0.3, -0.25) is 9.69 Å². The normalized spacial score (nSPS) is 18.9. The second-order valence-electron chi connectivity index (χ2n) is 5.89. The Balaban J connectivity index is 1.76. The highest BCUT2D eigenvalue weighted by Gasteiger charge is 2.23. The van der Waals surface area contributed by atoms with Crippen LogP contribution in [0.15, 0.2) is 24.3 Å². The summed E-state index contributed by atoms with van der Waals surface area (Å²) in [4.78, 5) is 13.2. The number of aryl methyl sites for hydroxylation is 1. The van der Waals surface area contributed by atoms with E-state index in [2.05, 4.69) is 36.1 Å². The van der Waals surface area contributed by atoms with E-state index in [0.717, 1.165) is 32.5 Å². The van der Waals surface area contributed by atoms with Gasteiger partial charge >= 0.3 is 5.97 Å². The molecule has 4 nitrogen and oxygen atoms in total. The first-order valence-corrected chi connectivity index (χ1v) is 7.31. The van der Waals surface area contributed by atoms with E-state index in [1.165, 1.54) is 11.1 Å². The smallest absolute Gasteiger partial charge is 0.320 e. The molecular formula is C16H24N2O2. The van der Waals surface area contributed by atoms with Gasteiger partial charge in [-0.15, -0.1) is 0 Å². The third-order valence-corrected chi connectivity index (χ3v) is 4.14. The number of carbonyl (C=O) groups is 1. The number of likely N-dealkylation sites (tertiary alicyclic amines) is 1. The van der Waals surface area contributed by atoms with Gasteiger partial charge in [-0.25, -0.2) is 0 Å². The molecule has 0 saturated carbocycles. The summed E-state index contributed by atoms with van der Waals surface area (Å²) in [6, 6.07) is 7.95. The fraction of sp³-hybridized carbons (Fsp3) is 0.562. The number of carboxylic acids is 1. The van der Waals surface area contributed by atoms with Crippen molar-refractivity contribution < 1.29 is 9.90 Å². The molecule has 3 N–H and O–H groups in total. The third-order valence-electron chi connectivity index (χ3n) is 4.14. The summed E-state index contributed by atoms with van der Waals surface area (Å²) >= 11 is 0. The van der Waals surface area contributed by atoms with Gasteiger partial charge in [0.2, 0.25) is 0 Å². The highest BCUT2D eigenvalue weighted by Crippen LogP contribution is 2.22. The molecule has 1 aromatic rings. The van der Waals surface area contributed by atoms with Gasteiger partial charge in [0.25, 0.3) is 0 Å². The quantitative estimate of drug-likeness (QED) is 0.863. The average Bonchev–Trinajstić information content (AvgIpc) is 2.43. The van der Waals surface area contributed by atoms with Crippen LogP contribution in [-0.4, -0.2) is 35.1 Å². The first kappa shape index (κ1) is 15.0. The Morgan fingerprint density at radius 3 is 2.50 bits per heavy atom. The molecule has 20 heavy (non-hydrogen) atoms. The largest absolute Gasteiger partial charge is 0.480 e. The van der Waals surface area contributed by atoms with Crippen molar-refractivity contribution in [1.29, 1.82) is 0 Å². The predicted molar refractivity (Wildman–Crippen MR) is 79.4 cm³/mol. The van der Waals surface area contributed by atoms with Crippen molar-refractivity contribution in [2.24, 2.45) is 11.7 Å². The molecule has 0 amide bonds. The summed E-state index contributed by atoms with van der Waals surface area (Å²) in [5.74, 6) is -0.428. The maximum absolute atomic E-state index is 10.8. The number of nitrogens with two attached hydrogens (primary N) is 1. The van der Waals surface area contributed by atoms with Crippen molar-refractivity contribution >= 4 is 5.97 Å². The maximum atomic E-state index is 10.8. The Hall–Kier alpha value is -1.39. The standard InChI is InChI=1S/C16H24N2O2/c1-12-2-4-14(5-3-12)11-18-8-6-13(7-9-18)10-15(17)16(19)20/h2-5,13,15H,6-11,17H2,1H3,(H,19,20). The molecule has 110 valence electrons. The molecule has 0 aromatic heterocycles. The van der Waals surface area contributed by atoms with E-state index < -0.39 is 12.0 Å². The van der Waals surface area contributed by atoms with Crippen molar-refractivity contribution in [2.45, 2.75) is 38.8 Å². The van der Waals surface area contributed by atoms with Gasteiger partial charge in [-0.2, -0.15) is 0 Å². The van der Waals surface area contributed by atoms with Gasteiger partial charge in [0.15, 0.2) is 0 Å². The van der Waals surface area contributed by atoms with Crippen LogP contribution in [0.1, 0.15) is 30.4 Å². The lowest BCUT2D eigenvalue weighted by atomic mass is 9.90. The fourth-order valence-corrected chi connectivity index (χ4v) is 2.79. The zero-order valence-corrected chi connectivity index (χ0v) is 12.1. The molecule has 1 unspecified atom stereocenters. The van der Waals surface area contributed by atoms with Gasteiger partial charge < -0.3 is 10.8 Å². The number of nitrogens with zero attached hydrogens (tertiary/aromatic N) is 1. The first-order chi connectivity index (χ1) is 9.54. The minimum absolute atomic E-state index is 0.454. The topological polar surface area (TPSA) is 66.6 Å². The van der Waals surface area contributed by atoms with Crippen LogP contribution >= 0.6 is 0 Å². The van der Waals surface area contributed by atoms with Crippen molar-refractivity contribution in [2.75, 3.05) is 13.1 Å². The summed E-state index contributed by atoms with van der Waals surface area (Å²) in [7, 11) is 0. The monoisotopic (exact) mass is 276 g/mol. The van der Waals surface area contributed by atoms with Crippen LogP contribution < -0.4 is 5.73 Å². The van der Waals surface area contributed by atoms with E-state index in [9.17, 15) is 4.79 Å². The zero-order chi connectivity index (χ0) is 14.5. The summed E-state index contributed by atoms with van der Waals surface area (Å²) in [5, 5.41) is 8.85. The molecule has 1 atom stereocenters. The van der Waals surface area contributed by atoms with Gasteiger partial charge in [0.1, 0.15) is 6.04 Å². The summed E-state index contributed by atoms with van der Waals surface area (Å²) in [6.45, 7) is 5.15. The average molecular weight is 276 g/mol. The van der Waals surface area contributed by atoms with E-state index in [4.69, 9.17) is 10.8 Å². The highest BCUT2D eigenvalue weighted by atomic mass is 16.4. The van der Waals surface area contributed by atoms with Crippen molar-refractivity contribution in [1.82, 2.24) is 4.90 Å². The maximum Gasteiger partial charge on any atom is 0.320 e. The van der Waals surface area contributed by atoms with Gasteiger partial charge in [0, 0.05) is 6.54 Å². The second kappa shape index (κ2) is 6.86. The van der Waals surface area contributed by atoms with Crippen LogP contribution in [0, 0.1) is 12.8 Å². The molecule has 0 radical (unpaired) electrons. The lowest BCUT2D eigenvalue weighted by Crippen LogP contribution is -2.38. The number of hydrogen-bond donors (Lipinski definition) is 2. The van der Waals surface area contributed by atoms with Gasteiger partial charge in [-0.1, -0.05) is 29.8 Å². The van der Waals surface area contributed by atoms with Gasteiger partial charge in [0.05, 0.1) is 0 Å². The van der Waals surface area contributed by atoms with Crippen LogP contribution in [0.4, 0.5) is 0 Å². The van der Waals surface area contributed by atoms with E-state index in [0.29, 0.717) is 12.3 Å². The minimum atomic E-state index is -0.882. The lowest BCUT2D eigenvalue weighted by Gasteiger charge is -2.32. The molecular weight excluding hydrogens is 252 g/mol. The number of aliphatic carboxylic acids is 1. The SMILES string of the molecule is Cc1ccc(CN2CCC(CC(N)C(=O)O)CC2)cc1. The minimum Gasteiger partial charge on any atom is -0.480 e. The number of benzene rings is 1. The van der Waals surface area contributed by atoms with Crippen molar-refractivity contribution in [3.63, 3.8) is 0 Å². The van der Waals surface area contributed by atoms with E-state index >= 15 is 0 Å². The summed E-state index contributed by atoms with van der Waals surface area (Å²) in [6.07, 6.45) is 2.70. The number of rotatable bonds is 5. The molecule has 1 fully saturated rings. The molecule has 2 rings (SSSR count). The number of hydrogen-bond acceptors (Lipinski definition) is 3. The van der Waals surface area contributed by atoms with Crippen molar-refractivity contribution in [3.05, 3.63) is 35.4 Å². The molecule has 1 saturated heterocycles. The second-order valence-corrected chi connectivity index (χ2v) is 5.89. The van der Waals surface area contributed by atoms with Crippen LogP contribution in [-0.2, 0) is 11.3 Å². The molecule has 1 aromatic carbocycles. The molecule has 0 bridgehead atoms. The Morgan fingerprint density at radius 2 is 1.95 bits per heavy atom. The molecule has 1 aliphatic rings. The first-order valence-electron chi connectivity index (χ1n) is 7.31. The molecule has 4 heteroatoms. The molecule has 0 spiro atoms. The van der Waals surface area contributed by atoms with E-state index in [-0.39, 0.29) is 0 Å². The lowest BCUT2D eigenvalue weighted by molar-refractivity contribution is -0.139. The van der Waals surface area contributed by atoms with Crippen LogP contribution in [0.5, 0.6) is 0 Å². The van der Waals surface area contributed by atoms with Crippen LogP contribution in [0.2, 0.25) is 0 Å². The third kappa shape index (κ3) is 4.32. The van der Waals surface area contributed by atoms with E-state index in [1.807, 2.05) is 0 Å². The number of carboxylic acid groups (broad SMARTS) is 1. The Morgan fingerprint density at radius 1 is 1.35 bits per heavy atom. The Labute approximate surface area is 120 Å². The fourth-order valence-electron chi connectivity index (χ4n) is 2.79. The molecule has 0 aliphatic carbocycles. The Bertz CT molecular complexity index is 436. The molecule has 1 heterocycles. The van der Waals surface area contributed by atoms with E-state index in [1.54, 1.807) is 0 Å². The zero-order valence-electron chi connectivity index (χ0n) is 12.1. The van der Waals surface area contributed by atoms with Crippen LogP contribution in [0.3, 0.4) is 0 Å². The summed E-state index contributed by atoms with van der Waals surface area (Å²) in [5.41, 5.74) is 8.24. The van der Waals surface area contributed by atoms with Crippen molar-refractivity contribution in [3.8, 4) is 0 Å². The van der Waals surface area contributed by atoms with Crippen LogP contribution in [0.25, 0.3) is 0 Å².